The molecule has 2 aromatic rings. The van der Waals surface area contributed by atoms with E-state index in [2.05, 4.69) is 24.4 Å². The summed E-state index contributed by atoms with van der Waals surface area (Å²) in [7, 11) is 0. The maximum atomic E-state index is 13.8. The van der Waals surface area contributed by atoms with E-state index in [4.69, 9.17) is 11.6 Å². The monoisotopic (exact) mass is 291 g/mol. The zero-order valence-corrected chi connectivity index (χ0v) is 12.3. The summed E-state index contributed by atoms with van der Waals surface area (Å²) in [6.07, 6.45) is 1.44. The van der Waals surface area contributed by atoms with Crippen molar-refractivity contribution in [2.75, 3.05) is 6.54 Å². The van der Waals surface area contributed by atoms with Gasteiger partial charge in [-0.05, 0) is 37.1 Å². The van der Waals surface area contributed by atoms with Gasteiger partial charge in [-0.3, -0.25) is 0 Å². The second-order valence-electron chi connectivity index (χ2n) is 4.76. The fourth-order valence-electron chi connectivity index (χ4n) is 2.38. The van der Waals surface area contributed by atoms with Gasteiger partial charge in [-0.15, -0.1) is 0 Å². The molecule has 0 spiro atoms. The van der Waals surface area contributed by atoms with Crippen LogP contribution in [0.5, 0.6) is 0 Å². The minimum absolute atomic E-state index is 0.219. The fourth-order valence-corrected chi connectivity index (χ4v) is 2.64. The standard InChI is InChI=1S/C17H19ClFN/c1-2-20-17(13-7-4-3-5-8-13)12-11-14-15(18)9-6-10-16(14)19/h3-10,17,20H,2,11-12H2,1H3. The van der Waals surface area contributed by atoms with Gasteiger partial charge in [0.2, 0.25) is 0 Å². The molecule has 20 heavy (non-hydrogen) atoms. The molecule has 3 heteroatoms. The summed E-state index contributed by atoms with van der Waals surface area (Å²) in [4.78, 5) is 0. The van der Waals surface area contributed by atoms with E-state index in [1.54, 1.807) is 12.1 Å². The van der Waals surface area contributed by atoms with Crippen LogP contribution < -0.4 is 5.32 Å². The Bertz CT molecular complexity index is 522. The predicted octanol–water partition coefficient (Wildman–Crippen LogP) is 4.76. The second kappa shape index (κ2) is 7.41. The summed E-state index contributed by atoms with van der Waals surface area (Å²) in [6.45, 7) is 2.95. The van der Waals surface area contributed by atoms with Crippen LogP contribution in [0.2, 0.25) is 5.02 Å². The Morgan fingerprint density at radius 3 is 2.50 bits per heavy atom. The lowest BCUT2D eigenvalue weighted by molar-refractivity contribution is 0.507. The van der Waals surface area contributed by atoms with E-state index in [-0.39, 0.29) is 11.9 Å². The van der Waals surface area contributed by atoms with E-state index in [1.165, 1.54) is 11.6 Å². The molecule has 0 saturated heterocycles. The van der Waals surface area contributed by atoms with Gasteiger partial charge in [-0.2, -0.15) is 0 Å². The van der Waals surface area contributed by atoms with Gasteiger partial charge in [0.05, 0.1) is 0 Å². The van der Waals surface area contributed by atoms with Crippen LogP contribution in [-0.4, -0.2) is 6.54 Å². The number of rotatable bonds is 6. The summed E-state index contributed by atoms with van der Waals surface area (Å²) >= 11 is 6.08. The quantitative estimate of drug-likeness (QED) is 0.809. The normalized spacial score (nSPS) is 12.3. The largest absolute Gasteiger partial charge is 0.310 e. The molecule has 0 aliphatic carbocycles. The van der Waals surface area contributed by atoms with Crippen LogP contribution in [0.4, 0.5) is 4.39 Å². The molecule has 0 aromatic heterocycles. The zero-order chi connectivity index (χ0) is 14.4. The van der Waals surface area contributed by atoms with Crippen molar-refractivity contribution in [3.63, 3.8) is 0 Å². The van der Waals surface area contributed by atoms with Crippen LogP contribution in [0.25, 0.3) is 0 Å². The molecule has 0 saturated carbocycles. The molecule has 0 bridgehead atoms. The van der Waals surface area contributed by atoms with Crippen molar-refractivity contribution < 1.29 is 4.39 Å². The summed E-state index contributed by atoms with van der Waals surface area (Å²) in [5.41, 5.74) is 1.83. The van der Waals surface area contributed by atoms with Gasteiger partial charge in [0.1, 0.15) is 5.82 Å². The molecule has 0 amide bonds. The average Bonchev–Trinajstić information content (AvgIpc) is 2.46. The Hall–Kier alpha value is -1.38. The lowest BCUT2D eigenvalue weighted by Crippen LogP contribution is -2.21. The van der Waals surface area contributed by atoms with E-state index in [9.17, 15) is 4.39 Å². The van der Waals surface area contributed by atoms with Gasteiger partial charge >= 0.3 is 0 Å². The summed E-state index contributed by atoms with van der Waals surface area (Å²) in [5.74, 6) is -0.221. The lowest BCUT2D eigenvalue weighted by Gasteiger charge is -2.19. The van der Waals surface area contributed by atoms with Crippen molar-refractivity contribution >= 4 is 11.6 Å². The van der Waals surface area contributed by atoms with Crippen LogP contribution >= 0.6 is 11.6 Å². The van der Waals surface area contributed by atoms with E-state index in [0.717, 1.165) is 13.0 Å². The summed E-state index contributed by atoms with van der Waals surface area (Å²) in [6, 6.07) is 15.3. The highest BCUT2D eigenvalue weighted by molar-refractivity contribution is 6.31. The maximum Gasteiger partial charge on any atom is 0.127 e. The van der Waals surface area contributed by atoms with Crippen LogP contribution in [0, 0.1) is 5.82 Å². The first-order valence-corrected chi connectivity index (χ1v) is 7.31. The number of halogens is 2. The molecule has 1 atom stereocenters. The Kier molecular flexibility index (Phi) is 5.57. The molecule has 2 aromatic carbocycles. The minimum Gasteiger partial charge on any atom is -0.310 e. The van der Waals surface area contributed by atoms with E-state index in [1.807, 2.05) is 18.2 Å². The summed E-state index contributed by atoms with van der Waals surface area (Å²) in [5, 5.41) is 3.95. The van der Waals surface area contributed by atoms with Crippen molar-refractivity contribution in [1.29, 1.82) is 0 Å². The zero-order valence-electron chi connectivity index (χ0n) is 11.6. The van der Waals surface area contributed by atoms with Crippen molar-refractivity contribution in [3.8, 4) is 0 Å². The molecule has 1 N–H and O–H groups in total. The molecule has 0 radical (unpaired) electrons. The molecule has 106 valence electrons. The topological polar surface area (TPSA) is 12.0 Å². The maximum absolute atomic E-state index is 13.8. The van der Waals surface area contributed by atoms with Crippen molar-refractivity contribution in [2.45, 2.75) is 25.8 Å². The number of benzene rings is 2. The SMILES string of the molecule is CCNC(CCc1c(F)cccc1Cl)c1ccccc1. The van der Waals surface area contributed by atoms with Gasteiger partial charge in [0.15, 0.2) is 0 Å². The van der Waals surface area contributed by atoms with Gasteiger partial charge < -0.3 is 5.32 Å². The van der Waals surface area contributed by atoms with Crippen LogP contribution in [0.15, 0.2) is 48.5 Å². The molecule has 1 unspecified atom stereocenters. The fraction of sp³-hybridized carbons (Fsp3) is 0.294. The smallest absolute Gasteiger partial charge is 0.127 e. The third-order valence-electron chi connectivity index (χ3n) is 3.40. The van der Waals surface area contributed by atoms with Crippen LogP contribution in [-0.2, 0) is 6.42 Å². The molecular formula is C17H19ClFN. The van der Waals surface area contributed by atoms with E-state index in [0.29, 0.717) is 17.0 Å². The molecule has 2 rings (SSSR count). The highest BCUT2D eigenvalue weighted by Gasteiger charge is 2.13. The molecular weight excluding hydrogens is 273 g/mol. The third-order valence-corrected chi connectivity index (χ3v) is 3.75. The number of hydrogen-bond donors (Lipinski definition) is 1. The Balaban J connectivity index is 2.10. The van der Waals surface area contributed by atoms with Crippen LogP contribution in [0.3, 0.4) is 0 Å². The van der Waals surface area contributed by atoms with Crippen molar-refractivity contribution in [3.05, 3.63) is 70.5 Å². The number of nitrogens with one attached hydrogen (secondary N) is 1. The van der Waals surface area contributed by atoms with E-state index >= 15 is 0 Å². The van der Waals surface area contributed by atoms with Crippen LogP contribution in [0.1, 0.15) is 30.5 Å². The first-order chi connectivity index (χ1) is 9.72. The molecule has 0 aliphatic rings. The minimum atomic E-state index is -0.221. The van der Waals surface area contributed by atoms with E-state index < -0.39 is 0 Å². The summed E-state index contributed by atoms with van der Waals surface area (Å²) < 4.78 is 13.8. The third kappa shape index (κ3) is 3.81. The van der Waals surface area contributed by atoms with Gasteiger partial charge in [0.25, 0.3) is 0 Å². The molecule has 0 heterocycles. The van der Waals surface area contributed by atoms with Gasteiger partial charge in [-0.1, -0.05) is 54.9 Å². The first kappa shape index (κ1) is 15.0. The lowest BCUT2D eigenvalue weighted by atomic mass is 9.98. The molecule has 0 aliphatic heterocycles. The van der Waals surface area contributed by atoms with Crippen molar-refractivity contribution in [2.24, 2.45) is 0 Å². The second-order valence-corrected chi connectivity index (χ2v) is 5.17. The first-order valence-electron chi connectivity index (χ1n) is 6.93. The van der Waals surface area contributed by atoms with Gasteiger partial charge in [0, 0.05) is 16.6 Å². The molecule has 0 fully saturated rings. The Labute approximate surface area is 124 Å². The average molecular weight is 292 g/mol. The van der Waals surface area contributed by atoms with Crippen molar-refractivity contribution in [1.82, 2.24) is 5.32 Å². The van der Waals surface area contributed by atoms with Gasteiger partial charge in [-0.25, -0.2) is 4.39 Å². The predicted molar refractivity (Wildman–Crippen MR) is 82.6 cm³/mol. The number of hydrogen-bond acceptors (Lipinski definition) is 1. The Morgan fingerprint density at radius 1 is 1.10 bits per heavy atom. The molecule has 1 nitrogen and oxygen atoms in total. The highest BCUT2D eigenvalue weighted by atomic mass is 35.5. The highest BCUT2D eigenvalue weighted by Crippen LogP contribution is 2.24. The Morgan fingerprint density at radius 2 is 1.85 bits per heavy atom.